The predicted molar refractivity (Wildman–Crippen MR) is 207 cm³/mol. The molecule has 0 atom stereocenters. The van der Waals surface area contributed by atoms with E-state index in [1.165, 1.54) is 44.3 Å². The zero-order valence-corrected chi connectivity index (χ0v) is 29.8. The number of benzene rings is 3. The number of nitrogens with one attached hydrogen (secondary N) is 2. The summed E-state index contributed by atoms with van der Waals surface area (Å²) in [5.74, 6) is 0. The van der Waals surface area contributed by atoms with E-state index >= 15 is 0 Å². The molecule has 5 rings (SSSR count). The number of aromatic nitrogens is 2. The number of likely N-dealkylation sites (N-methyl/N-ethyl adjacent to an activating group) is 2. The lowest BCUT2D eigenvalue weighted by Crippen LogP contribution is -2.33. The van der Waals surface area contributed by atoms with Crippen LogP contribution in [0.1, 0.15) is 50.2 Å². The molecule has 2 heterocycles. The summed E-state index contributed by atoms with van der Waals surface area (Å²) in [6.07, 6.45) is 8.85. The van der Waals surface area contributed by atoms with Crippen LogP contribution in [0.3, 0.4) is 0 Å². The summed E-state index contributed by atoms with van der Waals surface area (Å²) < 4.78 is 4.55. The van der Waals surface area contributed by atoms with Crippen LogP contribution in [0, 0.1) is 0 Å². The highest BCUT2D eigenvalue weighted by molar-refractivity contribution is 5.91. The number of aryl methyl sites for hydroxylation is 2. The Morgan fingerprint density at radius 3 is 1.27 bits per heavy atom. The fraction of sp³-hybridized carbons (Fsp3) is 0.333. The molecule has 0 unspecified atom stereocenters. The standard InChI is InChI=1S/C42H52N6/c1-7-47(8-2)29-27-43-39-31-35(45(5)41-17-13-11-15-37(39)41)25-23-33-19-21-34(22-20-33)24-26-36-32-40(44-28-30-48(9-3)10-4)38-16-12-14-18-42(38)46(36)6/h11-26,31-32H,7-10,27-30H2,1-6H3/p+2/b25-23+,26-24+. The van der Waals surface area contributed by atoms with Gasteiger partial charge in [-0.1, -0.05) is 76.2 Å². The Kier molecular flexibility index (Phi) is 12.4. The van der Waals surface area contributed by atoms with E-state index in [4.69, 9.17) is 0 Å². The van der Waals surface area contributed by atoms with Crippen molar-refractivity contribution in [2.45, 2.75) is 27.7 Å². The van der Waals surface area contributed by atoms with E-state index in [1.54, 1.807) is 0 Å². The molecule has 3 aromatic carbocycles. The first-order valence-electron chi connectivity index (χ1n) is 17.7. The summed E-state index contributed by atoms with van der Waals surface area (Å²) in [6, 6.07) is 30.6. The quantitative estimate of drug-likeness (QED) is 0.109. The lowest BCUT2D eigenvalue weighted by Gasteiger charge is -2.19. The third-order valence-corrected chi connectivity index (χ3v) is 9.58. The molecule has 0 aliphatic heterocycles. The minimum absolute atomic E-state index is 0.920. The molecule has 0 bridgehead atoms. The van der Waals surface area contributed by atoms with E-state index in [1.807, 2.05) is 0 Å². The van der Waals surface area contributed by atoms with Gasteiger partial charge in [0.15, 0.2) is 0 Å². The summed E-state index contributed by atoms with van der Waals surface area (Å²) in [7, 11) is 4.29. The van der Waals surface area contributed by atoms with Crippen LogP contribution in [0.2, 0.25) is 0 Å². The number of nitrogens with zero attached hydrogens (tertiary/aromatic N) is 4. The normalized spacial score (nSPS) is 12.0. The van der Waals surface area contributed by atoms with Gasteiger partial charge in [-0.2, -0.15) is 9.13 Å². The van der Waals surface area contributed by atoms with Gasteiger partial charge in [0.1, 0.15) is 14.1 Å². The third-order valence-electron chi connectivity index (χ3n) is 9.58. The number of fused-ring (bicyclic) bond motifs is 2. The molecule has 6 nitrogen and oxygen atoms in total. The van der Waals surface area contributed by atoms with Gasteiger partial charge in [-0.3, -0.25) is 0 Å². The summed E-state index contributed by atoms with van der Waals surface area (Å²) in [5.41, 5.74) is 9.46. The highest BCUT2D eigenvalue weighted by Gasteiger charge is 2.16. The van der Waals surface area contributed by atoms with Gasteiger partial charge >= 0.3 is 0 Å². The first-order valence-corrected chi connectivity index (χ1v) is 17.7. The van der Waals surface area contributed by atoms with Crippen molar-refractivity contribution in [1.29, 1.82) is 0 Å². The Labute approximate surface area is 288 Å². The van der Waals surface area contributed by atoms with Gasteiger partial charge in [-0.15, -0.1) is 0 Å². The van der Waals surface area contributed by atoms with Crippen molar-refractivity contribution < 1.29 is 9.13 Å². The summed E-state index contributed by atoms with van der Waals surface area (Å²) >= 11 is 0. The molecule has 0 aliphatic rings. The summed E-state index contributed by atoms with van der Waals surface area (Å²) in [6.45, 7) is 17.1. The fourth-order valence-corrected chi connectivity index (χ4v) is 6.38. The highest BCUT2D eigenvalue weighted by atomic mass is 15.1. The van der Waals surface area contributed by atoms with Crippen molar-refractivity contribution in [1.82, 2.24) is 9.80 Å². The number of pyridine rings is 2. The van der Waals surface area contributed by atoms with E-state index in [9.17, 15) is 0 Å². The van der Waals surface area contributed by atoms with Gasteiger partial charge in [0, 0.05) is 62.6 Å². The number of hydrogen-bond acceptors (Lipinski definition) is 4. The molecule has 0 amide bonds. The third kappa shape index (κ3) is 8.49. The maximum absolute atomic E-state index is 3.72. The molecule has 2 aromatic heterocycles. The van der Waals surface area contributed by atoms with Gasteiger partial charge in [-0.25, -0.2) is 0 Å². The Morgan fingerprint density at radius 2 is 0.896 bits per heavy atom. The van der Waals surface area contributed by atoms with Crippen LogP contribution in [0.15, 0.2) is 84.9 Å². The van der Waals surface area contributed by atoms with Gasteiger partial charge in [0.25, 0.3) is 0 Å². The van der Waals surface area contributed by atoms with Gasteiger partial charge in [-0.05, 0) is 61.6 Å². The molecule has 0 aliphatic carbocycles. The van der Waals surface area contributed by atoms with Crippen molar-refractivity contribution >= 4 is 57.5 Å². The summed E-state index contributed by atoms with van der Waals surface area (Å²) in [5, 5.41) is 9.93. The van der Waals surface area contributed by atoms with Crippen molar-refractivity contribution in [2.75, 3.05) is 63.0 Å². The number of rotatable bonds is 16. The zero-order valence-electron chi connectivity index (χ0n) is 29.8. The maximum Gasteiger partial charge on any atom is 0.214 e. The number of para-hydroxylation sites is 2. The molecule has 6 heteroatoms. The first kappa shape index (κ1) is 34.8. The van der Waals surface area contributed by atoms with Crippen LogP contribution < -0.4 is 19.8 Å². The topological polar surface area (TPSA) is 38.3 Å². The molecule has 48 heavy (non-hydrogen) atoms. The van der Waals surface area contributed by atoms with E-state index in [-0.39, 0.29) is 0 Å². The number of hydrogen-bond donors (Lipinski definition) is 2. The van der Waals surface area contributed by atoms with Gasteiger partial charge in [0.05, 0.1) is 22.1 Å². The molecule has 0 saturated carbocycles. The molecular formula is C42H54N6+2. The second-order valence-electron chi connectivity index (χ2n) is 12.4. The number of anilines is 2. The van der Waals surface area contributed by atoms with Crippen LogP contribution in [0.5, 0.6) is 0 Å². The van der Waals surface area contributed by atoms with Crippen molar-refractivity contribution in [3.05, 3.63) is 107 Å². The van der Waals surface area contributed by atoms with Crippen LogP contribution >= 0.6 is 0 Å². The van der Waals surface area contributed by atoms with E-state index < -0.39 is 0 Å². The molecule has 0 spiro atoms. The highest BCUT2D eigenvalue weighted by Crippen LogP contribution is 2.24. The second kappa shape index (κ2) is 17.0. The SMILES string of the molecule is CCN(CC)CCNc1cc(/C=C/c2ccc(/C=C/c3cc(NCCN(CC)CC)c4ccccc4[n+]3C)cc2)[n+](C)c2ccccc12. The molecule has 0 saturated heterocycles. The van der Waals surface area contributed by atoms with Crippen molar-refractivity contribution in [2.24, 2.45) is 14.1 Å². The van der Waals surface area contributed by atoms with Crippen molar-refractivity contribution in [3.63, 3.8) is 0 Å². The van der Waals surface area contributed by atoms with Crippen LogP contribution in [0.25, 0.3) is 46.1 Å². The molecular weight excluding hydrogens is 589 g/mol. The molecule has 2 N–H and O–H groups in total. The Bertz CT molecular complexity index is 1710. The van der Waals surface area contributed by atoms with Crippen LogP contribution in [0.4, 0.5) is 11.4 Å². The van der Waals surface area contributed by atoms with E-state index in [0.717, 1.165) is 63.7 Å². The maximum atomic E-state index is 3.72. The average Bonchev–Trinajstić information content (AvgIpc) is 3.13. The molecule has 0 radical (unpaired) electrons. The Morgan fingerprint density at radius 1 is 0.521 bits per heavy atom. The minimum atomic E-state index is 0.920. The predicted octanol–water partition coefficient (Wildman–Crippen LogP) is 7.49. The van der Waals surface area contributed by atoms with Gasteiger partial charge < -0.3 is 20.4 Å². The van der Waals surface area contributed by atoms with Gasteiger partial charge in [0.2, 0.25) is 22.4 Å². The lowest BCUT2D eigenvalue weighted by molar-refractivity contribution is -0.646. The van der Waals surface area contributed by atoms with E-state index in [2.05, 4.69) is 181 Å². The minimum Gasteiger partial charge on any atom is -0.383 e. The second-order valence-corrected chi connectivity index (χ2v) is 12.4. The summed E-state index contributed by atoms with van der Waals surface area (Å²) in [4.78, 5) is 4.90. The first-order chi connectivity index (χ1) is 23.4. The smallest absolute Gasteiger partial charge is 0.214 e. The average molecular weight is 643 g/mol. The van der Waals surface area contributed by atoms with E-state index in [0.29, 0.717) is 0 Å². The van der Waals surface area contributed by atoms with Crippen LogP contribution in [-0.2, 0) is 14.1 Å². The largest absolute Gasteiger partial charge is 0.383 e. The molecule has 250 valence electrons. The molecule has 5 aromatic rings. The van der Waals surface area contributed by atoms with Crippen molar-refractivity contribution in [3.8, 4) is 0 Å². The monoisotopic (exact) mass is 642 g/mol. The fourth-order valence-electron chi connectivity index (χ4n) is 6.38. The van der Waals surface area contributed by atoms with Crippen LogP contribution in [-0.4, -0.2) is 62.2 Å². The zero-order chi connectivity index (χ0) is 33.9. The Balaban J connectivity index is 1.32. The lowest BCUT2D eigenvalue weighted by atomic mass is 10.1. The Hall–Kier alpha value is -4.52. The molecule has 0 fully saturated rings.